The summed E-state index contributed by atoms with van der Waals surface area (Å²) in [5.41, 5.74) is 5.01. The summed E-state index contributed by atoms with van der Waals surface area (Å²) in [5, 5.41) is 28.1. The molecule has 3 aromatic carbocycles. The van der Waals surface area contributed by atoms with Crippen molar-refractivity contribution < 1.29 is 24.6 Å². The molecule has 0 unspecified atom stereocenters. The lowest BCUT2D eigenvalue weighted by atomic mass is 9.89. The Bertz CT molecular complexity index is 1350. The monoisotopic (exact) mass is 572 g/mol. The fourth-order valence-corrected chi connectivity index (χ4v) is 5.99. The maximum absolute atomic E-state index is 13.5. The summed E-state index contributed by atoms with van der Waals surface area (Å²) < 4.78 is 0. The molecule has 0 aromatic heterocycles. The van der Waals surface area contributed by atoms with E-state index in [1.54, 1.807) is 24.1 Å². The van der Waals surface area contributed by atoms with Crippen LogP contribution in [-0.4, -0.2) is 71.6 Å². The summed E-state index contributed by atoms with van der Waals surface area (Å²) in [4.78, 5) is 34.4. The largest absolute Gasteiger partial charge is 0.394 e. The van der Waals surface area contributed by atoms with Crippen molar-refractivity contribution in [1.29, 1.82) is 0 Å². The van der Waals surface area contributed by atoms with E-state index in [1.165, 1.54) is 11.3 Å². The predicted octanol–water partition coefficient (Wildman–Crippen LogP) is 2.66. The fourth-order valence-electron chi connectivity index (χ4n) is 5.99. The first-order chi connectivity index (χ1) is 20.4. The molecule has 42 heavy (non-hydrogen) atoms. The number of hydrogen-bond donors (Lipinski definition) is 4. The smallest absolute Gasteiger partial charge is 0.251 e. The Morgan fingerprint density at radius 3 is 2.55 bits per heavy atom. The van der Waals surface area contributed by atoms with E-state index in [-0.39, 0.29) is 25.0 Å². The lowest BCUT2D eigenvalue weighted by Gasteiger charge is -2.27. The van der Waals surface area contributed by atoms with Crippen molar-refractivity contribution in [2.45, 2.75) is 51.1 Å². The quantitative estimate of drug-likeness (QED) is 0.247. The van der Waals surface area contributed by atoms with Gasteiger partial charge in [-0.05, 0) is 54.7 Å². The van der Waals surface area contributed by atoms with E-state index in [0.29, 0.717) is 18.7 Å². The zero-order chi connectivity index (χ0) is 29.5. The normalized spacial score (nSPS) is 20.7. The van der Waals surface area contributed by atoms with Gasteiger partial charge in [0.2, 0.25) is 5.91 Å². The number of carbonyl (C=O) groups is 2. The minimum atomic E-state index is -0.858. The van der Waals surface area contributed by atoms with E-state index in [4.69, 9.17) is 4.84 Å². The van der Waals surface area contributed by atoms with Crippen LogP contribution in [0, 0.1) is 5.92 Å². The Kier molecular flexibility index (Phi) is 9.86. The van der Waals surface area contributed by atoms with E-state index in [2.05, 4.69) is 39.8 Å². The molecule has 2 heterocycles. The van der Waals surface area contributed by atoms with Gasteiger partial charge < -0.3 is 25.7 Å². The van der Waals surface area contributed by atoms with Gasteiger partial charge in [0.15, 0.2) is 0 Å². The Balaban J connectivity index is 1.20. The molecule has 2 amide bonds. The molecule has 5 rings (SSSR count). The number of fused-ring (bicyclic) bond motifs is 1. The third-order valence-electron chi connectivity index (χ3n) is 8.09. The highest BCUT2D eigenvalue weighted by atomic mass is 16.7. The summed E-state index contributed by atoms with van der Waals surface area (Å²) >= 11 is 0. The summed E-state index contributed by atoms with van der Waals surface area (Å²) in [7, 11) is 0. The number of nitrogens with one attached hydrogen (secondary N) is 2. The third-order valence-corrected chi connectivity index (χ3v) is 8.09. The Morgan fingerprint density at radius 2 is 1.76 bits per heavy atom. The molecule has 0 bridgehead atoms. The van der Waals surface area contributed by atoms with Crippen LogP contribution in [0.15, 0.2) is 78.9 Å². The first kappa shape index (κ1) is 29.7. The average molecular weight is 573 g/mol. The first-order valence-corrected chi connectivity index (χ1v) is 14.7. The van der Waals surface area contributed by atoms with Crippen molar-refractivity contribution in [3.05, 3.63) is 101 Å². The molecule has 2 aliphatic rings. The lowest BCUT2D eigenvalue weighted by molar-refractivity contribution is -0.181. The Hall–Kier alpha value is -3.76. The van der Waals surface area contributed by atoms with E-state index in [0.717, 1.165) is 37.1 Å². The van der Waals surface area contributed by atoms with Crippen LogP contribution in [0.2, 0.25) is 0 Å². The number of nitrogens with zero attached hydrogens (tertiary/aromatic N) is 2. The van der Waals surface area contributed by atoms with Gasteiger partial charge in [0.05, 0.1) is 19.3 Å². The summed E-state index contributed by atoms with van der Waals surface area (Å²) in [6.07, 6.45) is 0.266. The number of aliphatic hydroxyl groups excluding tert-OH is 2. The predicted molar refractivity (Wildman–Crippen MR) is 161 cm³/mol. The number of carbonyl (C=O) groups excluding carboxylic acids is 2. The zero-order valence-electron chi connectivity index (χ0n) is 24.0. The molecule has 4 atom stereocenters. The number of benzene rings is 3. The number of hydrogen-bond acceptors (Lipinski definition) is 7. The van der Waals surface area contributed by atoms with E-state index in [1.807, 2.05) is 42.5 Å². The van der Waals surface area contributed by atoms with Crippen LogP contribution in [0.1, 0.15) is 40.4 Å². The molecule has 3 aromatic rings. The maximum atomic E-state index is 13.5. The molecule has 0 radical (unpaired) electrons. The van der Waals surface area contributed by atoms with Crippen molar-refractivity contribution in [2.24, 2.45) is 5.92 Å². The van der Waals surface area contributed by atoms with Crippen LogP contribution >= 0.6 is 0 Å². The van der Waals surface area contributed by atoms with E-state index >= 15 is 0 Å². The van der Waals surface area contributed by atoms with E-state index in [9.17, 15) is 19.8 Å². The third kappa shape index (κ3) is 6.99. The van der Waals surface area contributed by atoms with Crippen LogP contribution in [0.25, 0.3) is 0 Å². The topological polar surface area (TPSA) is 114 Å². The summed E-state index contributed by atoms with van der Waals surface area (Å²) in [6.45, 7) is 4.27. The molecular formula is C33H40N4O5. The average Bonchev–Trinajstić information content (AvgIpc) is 3.60. The highest BCUT2D eigenvalue weighted by molar-refractivity contribution is 5.94. The minimum Gasteiger partial charge on any atom is -0.394 e. The SMILES string of the molecule is C[C@@H](O)[C@H]1[C@@H](CO)ON(Cc2cccc(CNC(=O)c3ccccc3)c2)[C@H]1C(=O)NCCCN1CCc2ccccc21. The van der Waals surface area contributed by atoms with Crippen molar-refractivity contribution >= 4 is 17.5 Å². The number of anilines is 1. The standard InChI is InChI=1S/C33H40N4O5/c1-23(39)30-29(22-38)42-37(21-25-10-7-9-24(19-25)20-35-32(40)27-12-3-2-4-13-27)31(30)33(41)34-16-8-17-36-18-15-26-11-5-6-14-28(26)36/h2-7,9-14,19,23,29-31,38-39H,8,15-18,20-22H2,1H3,(H,34,41)(H,35,40)/t23-,29-,30+,31-/m1/s1. The molecule has 9 nitrogen and oxygen atoms in total. The minimum absolute atomic E-state index is 0.153. The van der Waals surface area contributed by atoms with E-state index < -0.39 is 24.2 Å². The molecule has 2 aliphatic heterocycles. The molecule has 0 aliphatic carbocycles. The molecule has 0 saturated carbocycles. The zero-order valence-corrected chi connectivity index (χ0v) is 24.0. The van der Waals surface area contributed by atoms with Gasteiger partial charge in [-0.2, -0.15) is 5.06 Å². The highest BCUT2D eigenvalue weighted by Gasteiger charge is 2.49. The number of rotatable bonds is 12. The number of para-hydroxylation sites is 1. The van der Waals surface area contributed by atoms with Crippen LogP contribution in [-0.2, 0) is 29.1 Å². The van der Waals surface area contributed by atoms with Gasteiger partial charge in [0, 0.05) is 43.3 Å². The second-order valence-electron chi connectivity index (χ2n) is 11.0. The molecular weight excluding hydrogens is 532 g/mol. The van der Waals surface area contributed by atoms with Gasteiger partial charge in [0.25, 0.3) is 5.91 Å². The summed E-state index contributed by atoms with van der Waals surface area (Å²) in [5.74, 6) is -0.973. The van der Waals surface area contributed by atoms with Crippen LogP contribution in [0.4, 0.5) is 5.69 Å². The highest BCUT2D eigenvalue weighted by Crippen LogP contribution is 2.32. The maximum Gasteiger partial charge on any atom is 0.251 e. The molecule has 1 saturated heterocycles. The molecule has 4 N–H and O–H groups in total. The van der Waals surface area contributed by atoms with Gasteiger partial charge in [-0.15, -0.1) is 0 Å². The molecule has 222 valence electrons. The second kappa shape index (κ2) is 13.9. The van der Waals surface area contributed by atoms with Gasteiger partial charge in [-0.3, -0.25) is 14.4 Å². The van der Waals surface area contributed by atoms with Crippen molar-refractivity contribution in [3.63, 3.8) is 0 Å². The lowest BCUT2D eigenvalue weighted by Crippen LogP contribution is -2.49. The Labute approximate surface area is 247 Å². The fraction of sp³-hybridized carbons (Fsp3) is 0.394. The Morgan fingerprint density at radius 1 is 1.00 bits per heavy atom. The summed E-state index contributed by atoms with van der Waals surface area (Å²) in [6, 6.07) is 24.4. The second-order valence-corrected chi connectivity index (χ2v) is 11.0. The van der Waals surface area contributed by atoms with Gasteiger partial charge in [0.1, 0.15) is 12.1 Å². The number of aliphatic hydroxyl groups is 2. The number of hydroxylamine groups is 2. The van der Waals surface area contributed by atoms with Crippen LogP contribution < -0.4 is 15.5 Å². The van der Waals surface area contributed by atoms with Crippen molar-refractivity contribution in [3.8, 4) is 0 Å². The number of amides is 2. The van der Waals surface area contributed by atoms with Crippen LogP contribution in [0.5, 0.6) is 0 Å². The van der Waals surface area contributed by atoms with Gasteiger partial charge >= 0.3 is 0 Å². The molecule has 9 heteroatoms. The van der Waals surface area contributed by atoms with Crippen molar-refractivity contribution in [2.75, 3.05) is 31.1 Å². The van der Waals surface area contributed by atoms with Gasteiger partial charge in [-0.1, -0.05) is 60.7 Å². The van der Waals surface area contributed by atoms with Crippen molar-refractivity contribution in [1.82, 2.24) is 15.7 Å². The first-order valence-electron chi connectivity index (χ1n) is 14.7. The van der Waals surface area contributed by atoms with Gasteiger partial charge in [-0.25, -0.2) is 0 Å². The van der Waals surface area contributed by atoms with Crippen LogP contribution in [0.3, 0.4) is 0 Å². The molecule has 0 spiro atoms. The molecule has 1 fully saturated rings.